The number of rotatable bonds is 5. The topological polar surface area (TPSA) is 114 Å². The van der Waals surface area contributed by atoms with E-state index in [4.69, 9.17) is 9.72 Å². The predicted octanol–water partition coefficient (Wildman–Crippen LogP) is 3.02. The number of ether oxygens (including phenoxy) is 1. The first-order valence-electron chi connectivity index (χ1n) is 10.4. The highest BCUT2D eigenvalue weighted by Gasteiger charge is 2.22. The minimum atomic E-state index is -0.191. The zero-order valence-electron chi connectivity index (χ0n) is 17.1. The molecule has 9 nitrogen and oxygen atoms in total. The van der Waals surface area contributed by atoms with Crippen molar-refractivity contribution in [2.24, 2.45) is 7.05 Å². The molecule has 1 fully saturated rings. The van der Waals surface area contributed by atoms with E-state index in [9.17, 15) is 5.11 Å². The zero-order chi connectivity index (χ0) is 20.7. The van der Waals surface area contributed by atoms with Crippen LogP contribution < -0.4 is 10.1 Å². The monoisotopic (exact) mass is 407 g/mol. The number of hydrogen-bond donors (Lipinski definition) is 3. The van der Waals surface area contributed by atoms with Crippen LogP contribution in [0.4, 0.5) is 5.95 Å². The van der Waals surface area contributed by atoms with Gasteiger partial charge < -0.3 is 20.1 Å². The number of benzene rings is 1. The summed E-state index contributed by atoms with van der Waals surface area (Å²) in [5.74, 6) is 1.10. The average Bonchev–Trinajstić information content (AvgIpc) is 3.34. The van der Waals surface area contributed by atoms with Crippen LogP contribution in [0, 0.1) is 0 Å². The van der Waals surface area contributed by atoms with E-state index in [1.54, 1.807) is 4.68 Å². The Morgan fingerprint density at radius 1 is 1.23 bits per heavy atom. The van der Waals surface area contributed by atoms with Gasteiger partial charge in [0, 0.05) is 24.8 Å². The zero-order valence-corrected chi connectivity index (χ0v) is 17.1. The number of aromatic nitrogens is 6. The van der Waals surface area contributed by atoms with E-state index < -0.39 is 0 Å². The summed E-state index contributed by atoms with van der Waals surface area (Å²) in [4.78, 5) is 12.6. The summed E-state index contributed by atoms with van der Waals surface area (Å²) in [5, 5.41) is 22.2. The standard InChI is InChI=1S/C21H25N7O2/c1-3-30-20-18-15(12-4-9-16-17(10-12)28(2)27-26-16)11-22-19(18)24-21(25-20)23-13-5-7-14(29)8-6-13/h4,9-11,13-14,29H,3,5-8H2,1-2H3,(H2,22,23,24,25)/t13-,14+. The lowest BCUT2D eigenvalue weighted by molar-refractivity contribution is 0.126. The van der Waals surface area contributed by atoms with E-state index in [0.717, 1.165) is 58.9 Å². The van der Waals surface area contributed by atoms with Crippen LogP contribution in [0.1, 0.15) is 32.6 Å². The fourth-order valence-electron chi connectivity index (χ4n) is 4.13. The van der Waals surface area contributed by atoms with Crippen molar-refractivity contribution in [2.75, 3.05) is 11.9 Å². The molecule has 0 unspecified atom stereocenters. The molecule has 0 amide bonds. The maximum atomic E-state index is 9.74. The highest BCUT2D eigenvalue weighted by atomic mass is 16.5. The summed E-state index contributed by atoms with van der Waals surface area (Å²) < 4.78 is 7.66. The lowest BCUT2D eigenvalue weighted by atomic mass is 9.93. The van der Waals surface area contributed by atoms with Gasteiger partial charge >= 0.3 is 0 Å². The van der Waals surface area contributed by atoms with Gasteiger partial charge in [0.05, 0.1) is 23.6 Å². The van der Waals surface area contributed by atoms with Crippen molar-refractivity contribution in [3.63, 3.8) is 0 Å². The highest BCUT2D eigenvalue weighted by Crippen LogP contribution is 2.35. The Balaban J connectivity index is 1.54. The third-order valence-corrected chi connectivity index (χ3v) is 5.73. The van der Waals surface area contributed by atoms with Gasteiger partial charge in [0.15, 0.2) is 0 Å². The molecule has 0 aliphatic heterocycles. The van der Waals surface area contributed by atoms with Crippen molar-refractivity contribution in [3.05, 3.63) is 24.4 Å². The Kier molecular flexibility index (Phi) is 4.74. The summed E-state index contributed by atoms with van der Waals surface area (Å²) in [6, 6.07) is 6.31. The van der Waals surface area contributed by atoms with Gasteiger partial charge in [-0.05, 0) is 50.3 Å². The molecule has 30 heavy (non-hydrogen) atoms. The average molecular weight is 407 g/mol. The smallest absolute Gasteiger partial charge is 0.228 e. The molecule has 0 bridgehead atoms. The molecule has 3 heterocycles. The van der Waals surface area contributed by atoms with E-state index in [1.807, 2.05) is 32.3 Å². The predicted molar refractivity (Wildman–Crippen MR) is 114 cm³/mol. The number of aromatic amines is 1. The molecule has 1 aliphatic rings. The third kappa shape index (κ3) is 3.35. The summed E-state index contributed by atoms with van der Waals surface area (Å²) >= 11 is 0. The van der Waals surface area contributed by atoms with Crippen LogP contribution in [0.3, 0.4) is 0 Å². The molecule has 4 aromatic rings. The Morgan fingerprint density at radius 3 is 2.87 bits per heavy atom. The van der Waals surface area contributed by atoms with E-state index in [2.05, 4.69) is 31.7 Å². The minimum absolute atomic E-state index is 0.191. The van der Waals surface area contributed by atoms with E-state index in [0.29, 0.717) is 18.4 Å². The van der Waals surface area contributed by atoms with Gasteiger partial charge in [0.1, 0.15) is 11.2 Å². The molecule has 1 saturated carbocycles. The second kappa shape index (κ2) is 7.56. The number of H-pyrrole nitrogens is 1. The number of nitrogens with zero attached hydrogens (tertiary/aromatic N) is 5. The van der Waals surface area contributed by atoms with Crippen LogP contribution >= 0.6 is 0 Å². The molecule has 9 heteroatoms. The fraction of sp³-hybridized carbons (Fsp3) is 0.429. The first-order valence-corrected chi connectivity index (χ1v) is 10.4. The first kappa shape index (κ1) is 18.8. The maximum absolute atomic E-state index is 9.74. The van der Waals surface area contributed by atoms with Crippen LogP contribution in [-0.2, 0) is 7.05 Å². The second-order valence-electron chi connectivity index (χ2n) is 7.78. The second-order valence-corrected chi connectivity index (χ2v) is 7.78. The number of anilines is 1. The molecule has 3 N–H and O–H groups in total. The summed E-state index contributed by atoms with van der Waals surface area (Å²) in [6.07, 6.45) is 5.16. The number of fused-ring (bicyclic) bond motifs is 2. The lowest BCUT2D eigenvalue weighted by Gasteiger charge is -2.26. The van der Waals surface area contributed by atoms with Gasteiger partial charge in [-0.3, -0.25) is 0 Å². The van der Waals surface area contributed by atoms with Crippen LogP contribution in [0.15, 0.2) is 24.4 Å². The van der Waals surface area contributed by atoms with Gasteiger partial charge in [0.2, 0.25) is 11.8 Å². The summed E-state index contributed by atoms with van der Waals surface area (Å²) in [7, 11) is 1.88. The van der Waals surface area contributed by atoms with Gasteiger partial charge in [-0.15, -0.1) is 5.10 Å². The van der Waals surface area contributed by atoms with Gasteiger partial charge in [0.25, 0.3) is 0 Å². The number of aliphatic hydroxyl groups excluding tert-OH is 1. The molecular weight excluding hydrogens is 382 g/mol. The minimum Gasteiger partial charge on any atom is -0.477 e. The number of aliphatic hydroxyl groups is 1. The van der Waals surface area contributed by atoms with Crippen LogP contribution in [0.2, 0.25) is 0 Å². The Hall–Kier alpha value is -3.20. The number of hydrogen-bond acceptors (Lipinski definition) is 7. The highest BCUT2D eigenvalue weighted by molar-refractivity contribution is 5.99. The largest absolute Gasteiger partial charge is 0.477 e. The first-order chi connectivity index (χ1) is 14.6. The maximum Gasteiger partial charge on any atom is 0.228 e. The normalized spacial score (nSPS) is 19.4. The molecule has 5 rings (SSSR count). The molecule has 0 radical (unpaired) electrons. The quantitative estimate of drug-likeness (QED) is 0.466. The van der Waals surface area contributed by atoms with Crippen molar-refractivity contribution in [2.45, 2.75) is 44.8 Å². The van der Waals surface area contributed by atoms with Crippen molar-refractivity contribution < 1.29 is 9.84 Å². The molecule has 1 aliphatic carbocycles. The van der Waals surface area contributed by atoms with Crippen molar-refractivity contribution in [3.8, 4) is 17.0 Å². The number of aryl methyl sites for hydroxylation is 1. The molecule has 156 valence electrons. The molecule has 3 aromatic heterocycles. The Bertz CT molecular complexity index is 1190. The van der Waals surface area contributed by atoms with Gasteiger partial charge in [-0.25, -0.2) is 4.68 Å². The van der Waals surface area contributed by atoms with Gasteiger partial charge in [-0.1, -0.05) is 11.3 Å². The Morgan fingerprint density at radius 2 is 2.07 bits per heavy atom. The molecule has 0 atom stereocenters. The molecule has 1 aromatic carbocycles. The Labute approximate surface area is 173 Å². The summed E-state index contributed by atoms with van der Waals surface area (Å²) in [6.45, 7) is 2.46. The van der Waals surface area contributed by atoms with Crippen LogP contribution in [0.25, 0.3) is 33.2 Å². The lowest BCUT2D eigenvalue weighted by Crippen LogP contribution is -2.29. The van der Waals surface area contributed by atoms with E-state index in [-0.39, 0.29) is 12.1 Å². The SMILES string of the molecule is CCOc1nc(N[C@H]2CC[C@@H](O)CC2)nc2[nH]cc(-c3ccc4nnn(C)c4c3)c12. The summed E-state index contributed by atoms with van der Waals surface area (Å²) in [5.41, 5.74) is 4.53. The van der Waals surface area contributed by atoms with Crippen molar-refractivity contribution in [1.82, 2.24) is 29.9 Å². The van der Waals surface area contributed by atoms with Crippen LogP contribution in [-0.4, -0.2) is 53.8 Å². The number of nitrogens with one attached hydrogen (secondary N) is 2. The van der Waals surface area contributed by atoms with E-state index in [1.165, 1.54) is 0 Å². The van der Waals surface area contributed by atoms with E-state index >= 15 is 0 Å². The molecular formula is C21H25N7O2. The molecule has 0 saturated heterocycles. The third-order valence-electron chi connectivity index (χ3n) is 5.73. The fourth-order valence-corrected chi connectivity index (χ4v) is 4.13. The van der Waals surface area contributed by atoms with Crippen molar-refractivity contribution >= 4 is 28.0 Å². The van der Waals surface area contributed by atoms with Gasteiger partial charge in [-0.2, -0.15) is 9.97 Å². The van der Waals surface area contributed by atoms with Crippen LogP contribution in [0.5, 0.6) is 5.88 Å². The van der Waals surface area contributed by atoms with Crippen molar-refractivity contribution in [1.29, 1.82) is 0 Å². The molecule has 0 spiro atoms.